The van der Waals surface area contributed by atoms with Gasteiger partial charge in [-0.1, -0.05) is 19.8 Å². The van der Waals surface area contributed by atoms with Crippen molar-refractivity contribution in [2.24, 2.45) is 11.3 Å². The van der Waals surface area contributed by atoms with Gasteiger partial charge in [0, 0.05) is 24.6 Å². The van der Waals surface area contributed by atoms with Gasteiger partial charge in [-0.05, 0) is 58.8 Å². The summed E-state index contributed by atoms with van der Waals surface area (Å²) in [5.41, 5.74) is 0.206. The third-order valence-electron chi connectivity index (χ3n) is 5.52. The third kappa shape index (κ3) is 3.93. The SMILES string of the molecule is CC1CCC(CO)(CN2CCC(N(C)C)CC2)CC1. The van der Waals surface area contributed by atoms with Gasteiger partial charge in [0.25, 0.3) is 0 Å². The molecule has 1 aliphatic carbocycles. The highest BCUT2D eigenvalue weighted by Gasteiger charge is 2.36. The van der Waals surface area contributed by atoms with Crippen LogP contribution in [0.1, 0.15) is 45.4 Å². The molecule has 0 atom stereocenters. The summed E-state index contributed by atoms with van der Waals surface area (Å²) in [6, 6.07) is 0.757. The monoisotopic (exact) mass is 268 g/mol. The molecule has 112 valence electrons. The van der Waals surface area contributed by atoms with E-state index in [0.29, 0.717) is 6.61 Å². The molecule has 1 N–H and O–H groups in total. The lowest BCUT2D eigenvalue weighted by molar-refractivity contribution is 0.0164. The fourth-order valence-corrected chi connectivity index (χ4v) is 3.81. The molecule has 1 saturated heterocycles. The molecule has 1 aliphatic heterocycles. The number of rotatable bonds is 4. The molecule has 2 rings (SSSR count). The molecule has 0 amide bonds. The van der Waals surface area contributed by atoms with Crippen molar-refractivity contribution in [2.45, 2.75) is 51.5 Å². The van der Waals surface area contributed by atoms with Gasteiger partial charge in [0.2, 0.25) is 0 Å². The number of aliphatic hydroxyl groups excluding tert-OH is 1. The van der Waals surface area contributed by atoms with Crippen molar-refractivity contribution in [3.05, 3.63) is 0 Å². The number of hydrogen-bond acceptors (Lipinski definition) is 3. The van der Waals surface area contributed by atoms with Crippen LogP contribution in [0.15, 0.2) is 0 Å². The minimum Gasteiger partial charge on any atom is -0.396 e. The Hall–Kier alpha value is -0.120. The van der Waals surface area contributed by atoms with E-state index in [-0.39, 0.29) is 5.41 Å². The zero-order valence-corrected chi connectivity index (χ0v) is 13.1. The van der Waals surface area contributed by atoms with Crippen LogP contribution in [0.4, 0.5) is 0 Å². The summed E-state index contributed by atoms with van der Waals surface area (Å²) in [5.74, 6) is 0.860. The Kier molecular flexibility index (Phi) is 5.27. The van der Waals surface area contributed by atoms with Crippen LogP contribution in [-0.2, 0) is 0 Å². The van der Waals surface area contributed by atoms with Crippen LogP contribution in [0, 0.1) is 11.3 Å². The second-order valence-corrected chi connectivity index (χ2v) is 7.31. The Morgan fingerprint density at radius 1 is 1.11 bits per heavy atom. The normalized spacial score (nSPS) is 34.9. The molecule has 19 heavy (non-hydrogen) atoms. The van der Waals surface area contributed by atoms with E-state index < -0.39 is 0 Å². The molecule has 2 fully saturated rings. The first kappa shape index (κ1) is 15.3. The maximum Gasteiger partial charge on any atom is 0.0499 e. The van der Waals surface area contributed by atoms with Gasteiger partial charge in [-0.3, -0.25) is 0 Å². The highest BCUT2D eigenvalue weighted by atomic mass is 16.3. The summed E-state index contributed by atoms with van der Waals surface area (Å²) in [6.07, 6.45) is 7.61. The average Bonchev–Trinajstić information content (AvgIpc) is 2.42. The zero-order valence-electron chi connectivity index (χ0n) is 13.1. The van der Waals surface area contributed by atoms with Gasteiger partial charge in [-0.2, -0.15) is 0 Å². The number of piperidine rings is 1. The van der Waals surface area contributed by atoms with Gasteiger partial charge in [0.05, 0.1) is 0 Å². The molecule has 0 aromatic heterocycles. The van der Waals surface area contributed by atoms with Crippen LogP contribution in [0.2, 0.25) is 0 Å². The average molecular weight is 268 g/mol. The number of hydrogen-bond donors (Lipinski definition) is 1. The molecule has 3 nitrogen and oxygen atoms in total. The van der Waals surface area contributed by atoms with Crippen LogP contribution < -0.4 is 0 Å². The topological polar surface area (TPSA) is 26.7 Å². The van der Waals surface area contributed by atoms with Crippen molar-refractivity contribution in [3.63, 3.8) is 0 Å². The van der Waals surface area contributed by atoms with Crippen molar-refractivity contribution < 1.29 is 5.11 Å². The maximum atomic E-state index is 9.86. The van der Waals surface area contributed by atoms with Crippen LogP contribution in [0.25, 0.3) is 0 Å². The highest BCUT2D eigenvalue weighted by Crippen LogP contribution is 2.39. The van der Waals surface area contributed by atoms with E-state index in [1.54, 1.807) is 0 Å². The van der Waals surface area contributed by atoms with Crippen LogP contribution in [-0.4, -0.2) is 61.3 Å². The molecule has 2 aliphatic rings. The Morgan fingerprint density at radius 2 is 1.68 bits per heavy atom. The Bertz CT molecular complexity index is 264. The molecule has 1 heterocycles. The molecular formula is C16H32N2O. The summed E-state index contributed by atoms with van der Waals surface area (Å²) in [5, 5.41) is 9.86. The minimum atomic E-state index is 0.206. The molecule has 0 bridgehead atoms. The summed E-state index contributed by atoms with van der Waals surface area (Å²) in [4.78, 5) is 4.97. The fourth-order valence-electron chi connectivity index (χ4n) is 3.81. The smallest absolute Gasteiger partial charge is 0.0499 e. The molecule has 0 radical (unpaired) electrons. The van der Waals surface area contributed by atoms with Crippen molar-refractivity contribution in [1.29, 1.82) is 0 Å². The van der Waals surface area contributed by atoms with E-state index in [1.165, 1.54) is 51.6 Å². The van der Waals surface area contributed by atoms with Crippen molar-refractivity contribution in [3.8, 4) is 0 Å². The Balaban J connectivity index is 1.83. The van der Waals surface area contributed by atoms with E-state index in [2.05, 4.69) is 30.8 Å². The number of aliphatic hydroxyl groups is 1. The van der Waals surface area contributed by atoms with Crippen LogP contribution in [0.5, 0.6) is 0 Å². The molecule has 3 heteroatoms. The van der Waals surface area contributed by atoms with Gasteiger partial charge in [0.1, 0.15) is 0 Å². The third-order valence-corrected chi connectivity index (χ3v) is 5.52. The lowest BCUT2D eigenvalue weighted by Gasteiger charge is -2.44. The van der Waals surface area contributed by atoms with Gasteiger partial charge < -0.3 is 14.9 Å². The van der Waals surface area contributed by atoms with Crippen LogP contribution in [0.3, 0.4) is 0 Å². The second-order valence-electron chi connectivity index (χ2n) is 7.31. The number of nitrogens with zero attached hydrogens (tertiary/aromatic N) is 2. The molecule has 0 unspecified atom stereocenters. The first-order valence-electron chi connectivity index (χ1n) is 8.04. The van der Waals surface area contributed by atoms with Gasteiger partial charge in [-0.15, -0.1) is 0 Å². The predicted octanol–water partition coefficient (Wildman–Crippen LogP) is 2.20. The summed E-state index contributed by atoms with van der Waals surface area (Å²) in [7, 11) is 4.39. The molecular weight excluding hydrogens is 236 g/mol. The second kappa shape index (κ2) is 6.55. The molecule has 1 saturated carbocycles. The first-order chi connectivity index (χ1) is 9.04. The van der Waals surface area contributed by atoms with Crippen molar-refractivity contribution in [1.82, 2.24) is 9.80 Å². The van der Waals surface area contributed by atoms with Gasteiger partial charge in [0.15, 0.2) is 0 Å². The zero-order chi connectivity index (χ0) is 13.9. The predicted molar refractivity (Wildman–Crippen MR) is 80.3 cm³/mol. The van der Waals surface area contributed by atoms with E-state index in [9.17, 15) is 5.11 Å². The Morgan fingerprint density at radius 3 is 2.16 bits per heavy atom. The van der Waals surface area contributed by atoms with E-state index in [1.807, 2.05) is 0 Å². The quantitative estimate of drug-likeness (QED) is 0.847. The summed E-state index contributed by atoms with van der Waals surface area (Å²) >= 11 is 0. The number of likely N-dealkylation sites (tertiary alicyclic amines) is 1. The highest BCUT2D eigenvalue weighted by molar-refractivity contribution is 4.89. The standard InChI is InChI=1S/C16H32N2O/c1-14-4-8-16(13-19,9-5-14)12-18-10-6-15(7-11-18)17(2)3/h14-15,19H,4-13H2,1-3H3. The fraction of sp³-hybridized carbons (Fsp3) is 1.00. The van der Waals surface area contributed by atoms with E-state index in [4.69, 9.17) is 0 Å². The van der Waals surface area contributed by atoms with Crippen LogP contribution >= 0.6 is 0 Å². The summed E-state index contributed by atoms with van der Waals surface area (Å²) < 4.78 is 0. The van der Waals surface area contributed by atoms with Crippen molar-refractivity contribution in [2.75, 3.05) is 40.3 Å². The Labute approximate surface area is 119 Å². The van der Waals surface area contributed by atoms with E-state index in [0.717, 1.165) is 18.5 Å². The lowest BCUT2D eigenvalue weighted by Crippen LogP contribution is -2.48. The van der Waals surface area contributed by atoms with Gasteiger partial charge >= 0.3 is 0 Å². The largest absolute Gasteiger partial charge is 0.396 e. The minimum absolute atomic E-state index is 0.206. The van der Waals surface area contributed by atoms with Crippen molar-refractivity contribution >= 4 is 0 Å². The first-order valence-corrected chi connectivity index (χ1v) is 8.04. The maximum absolute atomic E-state index is 9.86. The molecule has 0 spiro atoms. The summed E-state index contributed by atoms with van der Waals surface area (Å²) in [6.45, 7) is 6.27. The molecule has 0 aromatic carbocycles. The molecule has 0 aromatic rings. The van der Waals surface area contributed by atoms with E-state index >= 15 is 0 Å². The van der Waals surface area contributed by atoms with Gasteiger partial charge in [-0.25, -0.2) is 0 Å². The lowest BCUT2D eigenvalue weighted by atomic mass is 9.71.